The number of carbonyl (C=O) groups excluding carboxylic acids is 2. The van der Waals surface area contributed by atoms with Crippen molar-refractivity contribution in [3.05, 3.63) is 58.9 Å². The average Bonchev–Trinajstić information content (AvgIpc) is 2.80. The normalized spacial score (nSPS) is 13.2. The molecule has 10 heteroatoms. The van der Waals surface area contributed by atoms with Gasteiger partial charge in [0.15, 0.2) is 0 Å². The Morgan fingerprint density at radius 1 is 1.11 bits per heavy atom. The van der Waals surface area contributed by atoms with Crippen LogP contribution in [-0.2, 0) is 24.3 Å². The van der Waals surface area contributed by atoms with E-state index >= 15 is 0 Å². The maximum atomic E-state index is 14.9. The Balaban J connectivity index is 2.22. The molecule has 0 radical (unpaired) electrons. The van der Waals surface area contributed by atoms with Crippen molar-refractivity contribution in [2.24, 2.45) is 5.92 Å². The van der Waals surface area contributed by atoms with Crippen LogP contribution in [0.3, 0.4) is 0 Å². The second-order valence-corrected chi connectivity index (χ2v) is 11.5. The van der Waals surface area contributed by atoms with Crippen molar-refractivity contribution in [2.45, 2.75) is 70.4 Å². The molecule has 198 valence electrons. The van der Waals surface area contributed by atoms with Crippen LogP contribution in [0.5, 0.6) is 0 Å². The van der Waals surface area contributed by atoms with Gasteiger partial charge in [-0.15, -0.1) is 0 Å². The number of aryl methyl sites for hydroxylation is 1. The van der Waals surface area contributed by atoms with Crippen molar-refractivity contribution in [3.63, 3.8) is 0 Å². The molecule has 0 saturated heterocycles. The Morgan fingerprint density at radius 3 is 2.33 bits per heavy atom. The van der Waals surface area contributed by atoms with E-state index in [-0.39, 0.29) is 35.2 Å². The second kappa shape index (κ2) is 13.1. The second-order valence-electron chi connectivity index (χ2n) is 9.22. The van der Waals surface area contributed by atoms with Crippen LogP contribution in [0.25, 0.3) is 0 Å². The van der Waals surface area contributed by atoms with Crippen LogP contribution in [0.1, 0.15) is 52.0 Å². The fourth-order valence-electron chi connectivity index (χ4n) is 3.89. The Bertz CT molecular complexity index is 1160. The third-order valence-electron chi connectivity index (χ3n) is 5.66. The SMILES string of the molecule is COC(=O)C(CC(C)C)NC(=O)CCC[C@@H](C)N(c1cc(C)ccc1F)S(=O)(=O)c1ccc(Cl)cc1. The lowest BCUT2D eigenvalue weighted by molar-refractivity contribution is -0.145. The predicted molar refractivity (Wildman–Crippen MR) is 139 cm³/mol. The van der Waals surface area contributed by atoms with Crippen LogP contribution >= 0.6 is 11.6 Å². The van der Waals surface area contributed by atoms with Crippen LogP contribution in [0.15, 0.2) is 47.4 Å². The minimum Gasteiger partial charge on any atom is -0.467 e. The zero-order valence-electron chi connectivity index (χ0n) is 21.3. The third-order valence-corrected chi connectivity index (χ3v) is 7.86. The van der Waals surface area contributed by atoms with Gasteiger partial charge >= 0.3 is 5.97 Å². The van der Waals surface area contributed by atoms with Crippen LogP contribution in [0.2, 0.25) is 5.02 Å². The highest BCUT2D eigenvalue weighted by molar-refractivity contribution is 7.92. The summed E-state index contributed by atoms with van der Waals surface area (Å²) in [5.74, 6) is -1.35. The summed E-state index contributed by atoms with van der Waals surface area (Å²) in [5.41, 5.74) is 0.637. The molecule has 2 atom stereocenters. The molecular formula is C26H34ClFN2O5S. The van der Waals surface area contributed by atoms with E-state index in [0.29, 0.717) is 23.4 Å². The van der Waals surface area contributed by atoms with Crippen LogP contribution < -0.4 is 9.62 Å². The zero-order valence-corrected chi connectivity index (χ0v) is 22.8. The van der Waals surface area contributed by atoms with Gasteiger partial charge in [-0.1, -0.05) is 31.5 Å². The first-order valence-electron chi connectivity index (χ1n) is 11.8. The van der Waals surface area contributed by atoms with Gasteiger partial charge in [0.1, 0.15) is 11.9 Å². The molecule has 0 fully saturated rings. The zero-order chi connectivity index (χ0) is 27.0. The Hall–Kier alpha value is -2.65. The minimum absolute atomic E-state index is 0.0213. The Kier molecular flexibility index (Phi) is 10.7. The monoisotopic (exact) mass is 540 g/mol. The Labute approximate surface area is 218 Å². The molecule has 1 unspecified atom stereocenters. The first-order chi connectivity index (χ1) is 16.9. The summed E-state index contributed by atoms with van der Waals surface area (Å²) >= 11 is 5.92. The summed E-state index contributed by atoms with van der Waals surface area (Å²) in [6.07, 6.45) is 1.11. The van der Waals surface area contributed by atoms with Crippen molar-refractivity contribution in [1.82, 2.24) is 5.32 Å². The minimum atomic E-state index is -4.13. The number of methoxy groups -OCH3 is 1. The largest absolute Gasteiger partial charge is 0.467 e. The van der Waals surface area contributed by atoms with E-state index in [9.17, 15) is 22.4 Å². The summed E-state index contributed by atoms with van der Waals surface area (Å²) in [6.45, 7) is 7.29. The van der Waals surface area contributed by atoms with Gasteiger partial charge in [-0.25, -0.2) is 17.6 Å². The molecule has 0 aliphatic heterocycles. The number of hydrogen-bond donors (Lipinski definition) is 1. The molecule has 0 aliphatic carbocycles. The number of carbonyl (C=O) groups is 2. The van der Waals surface area contributed by atoms with Crippen molar-refractivity contribution in [1.29, 1.82) is 0 Å². The van der Waals surface area contributed by atoms with Crippen LogP contribution in [-0.4, -0.2) is 39.5 Å². The van der Waals surface area contributed by atoms with E-state index in [1.807, 2.05) is 13.8 Å². The standard InChI is InChI=1S/C26H34ClFN2O5S/c1-17(2)15-23(26(32)35-5)29-25(31)8-6-7-19(4)30(24-16-18(3)9-14-22(24)28)36(33,34)21-12-10-20(27)11-13-21/h9-14,16-17,19,23H,6-8,15H2,1-5H3,(H,29,31)/t19-,23?/m1/s1. The van der Waals surface area contributed by atoms with E-state index in [2.05, 4.69) is 5.32 Å². The number of nitrogens with zero attached hydrogens (tertiary/aromatic N) is 1. The number of hydrogen-bond acceptors (Lipinski definition) is 5. The van der Waals surface area contributed by atoms with Gasteiger partial charge in [0.05, 0.1) is 17.7 Å². The summed E-state index contributed by atoms with van der Waals surface area (Å²) < 4.78 is 47.9. The molecule has 0 aliphatic rings. The fraction of sp³-hybridized carbons (Fsp3) is 0.462. The molecule has 0 spiro atoms. The smallest absolute Gasteiger partial charge is 0.328 e. The average molecular weight is 541 g/mol. The van der Waals surface area contributed by atoms with Gasteiger partial charge in [0.25, 0.3) is 10.0 Å². The first kappa shape index (κ1) is 29.6. The van der Waals surface area contributed by atoms with Crippen molar-refractivity contribution < 1.29 is 27.1 Å². The number of benzene rings is 2. The molecule has 7 nitrogen and oxygen atoms in total. The molecule has 1 N–H and O–H groups in total. The maximum Gasteiger partial charge on any atom is 0.328 e. The number of ether oxygens (including phenoxy) is 1. The molecular weight excluding hydrogens is 507 g/mol. The lowest BCUT2D eigenvalue weighted by atomic mass is 10.0. The van der Waals surface area contributed by atoms with Crippen LogP contribution in [0, 0.1) is 18.7 Å². The lowest BCUT2D eigenvalue weighted by Crippen LogP contribution is -2.42. The number of sulfonamides is 1. The number of nitrogens with one attached hydrogen (secondary N) is 1. The summed E-state index contributed by atoms with van der Waals surface area (Å²) in [7, 11) is -2.87. The summed E-state index contributed by atoms with van der Waals surface area (Å²) in [6, 6.07) is 8.54. The number of halogens is 2. The van der Waals surface area contributed by atoms with Gasteiger partial charge in [-0.2, -0.15) is 0 Å². The lowest BCUT2D eigenvalue weighted by Gasteiger charge is -2.31. The molecule has 2 aromatic carbocycles. The number of rotatable bonds is 12. The van der Waals surface area contributed by atoms with Gasteiger partial charge in [-0.3, -0.25) is 9.10 Å². The molecule has 1 amide bonds. The maximum absolute atomic E-state index is 14.9. The van der Waals surface area contributed by atoms with Crippen LogP contribution in [0.4, 0.5) is 10.1 Å². The fourth-order valence-corrected chi connectivity index (χ4v) is 5.70. The molecule has 36 heavy (non-hydrogen) atoms. The highest BCUT2D eigenvalue weighted by atomic mass is 35.5. The van der Waals surface area contributed by atoms with Crippen molar-refractivity contribution in [2.75, 3.05) is 11.4 Å². The predicted octanol–water partition coefficient (Wildman–Crippen LogP) is 5.25. The topological polar surface area (TPSA) is 92.8 Å². The molecule has 0 heterocycles. The van der Waals surface area contributed by atoms with Crippen molar-refractivity contribution >= 4 is 39.2 Å². The van der Waals surface area contributed by atoms with Gasteiger partial charge in [-0.05, 0) is 81.0 Å². The van der Waals surface area contributed by atoms with Gasteiger partial charge in [0, 0.05) is 17.5 Å². The highest BCUT2D eigenvalue weighted by Gasteiger charge is 2.31. The van der Waals surface area contributed by atoms with E-state index in [0.717, 1.165) is 4.31 Å². The highest BCUT2D eigenvalue weighted by Crippen LogP contribution is 2.31. The van der Waals surface area contributed by atoms with E-state index in [4.69, 9.17) is 16.3 Å². The van der Waals surface area contributed by atoms with E-state index in [1.165, 1.54) is 43.5 Å². The van der Waals surface area contributed by atoms with Gasteiger partial charge < -0.3 is 10.1 Å². The summed E-state index contributed by atoms with van der Waals surface area (Å²) in [5, 5.41) is 3.07. The third kappa shape index (κ3) is 7.93. The summed E-state index contributed by atoms with van der Waals surface area (Å²) in [4.78, 5) is 24.5. The molecule has 0 saturated carbocycles. The van der Waals surface area contributed by atoms with E-state index < -0.39 is 33.9 Å². The number of anilines is 1. The molecule has 2 rings (SSSR count). The molecule has 0 aromatic heterocycles. The first-order valence-corrected chi connectivity index (χ1v) is 13.6. The van der Waals surface area contributed by atoms with E-state index in [1.54, 1.807) is 19.9 Å². The van der Waals surface area contributed by atoms with Crippen molar-refractivity contribution in [3.8, 4) is 0 Å². The molecule has 0 bridgehead atoms. The Morgan fingerprint density at radius 2 is 1.75 bits per heavy atom. The number of amides is 1. The quantitative estimate of drug-likeness (QED) is 0.371. The van der Waals surface area contributed by atoms with Gasteiger partial charge in [0.2, 0.25) is 5.91 Å². The molecule has 2 aromatic rings. The number of esters is 1.